The molecule has 0 aliphatic rings. The maximum absolute atomic E-state index is 9.39. The van der Waals surface area contributed by atoms with Crippen molar-refractivity contribution in [3.63, 3.8) is 0 Å². The van der Waals surface area contributed by atoms with Crippen LogP contribution in [0, 0.1) is 0 Å². The van der Waals surface area contributed by atoms with E-state index in [1.165, 1.54) is 0 Å². The second-order valence-electron chi connectivity index (χ2n) is 0.620. The molecule has 0 bridgehead atoms. The molecule has 0 unspecified atom stereocenters. The van der Waals surface area contributed by atoms with Gasteiger partial charge >= 0.3 is 91.4 Å². The fourth-order valence-electron chi connectivity index (χ4n) is 0.0496. The fourth-order valence-corrected chi connectivity index (χ4v) is 0.447. The van der Waals surface area contributed by atoms with E-state index in [4.69, 9.17) is 4.55 Å². The second-order valence-corrected chi connectivity index (χ2v) is 2.44. The summed E-state index contributed by atoms with van der Waals surface area (Å²) in [6, 6.07) is 0. The summed E-state index contributed by atoms with van der Waals surface area (Å²) >= 11 is -1.88. The molecule has 0 saturated heterocycles. The van der Waals surface area contributed by atoms with Crippen molar-refractivity contribution < 1.29 is 25.5 Å². The zero-order chi connectivity index (χ0) is 5.91. The minimum atomic E-state index is -4.45. The molecular formula is H5AlO6SSr. The Kier molecular flexibility index (Phi) is 14.2. The quantitative estimate of drug-likeness (QED) is 0.414. The first-order chi connectivity index (χ1) is 3.06. The van der Waals surface area contributed by atoms with Gasteiger partial charge < -0.3 is 5.48 Å². The van der Waals surface area contributed by atoms with E-state index >= 15 is 0 Å². The van der Waals surface area contributed by atoms with Gasteiger partial charge in [0.05, 0.1) is 0 Å². The average Bonchev–Trinajstić information content (AvgIpc) is 1.30. The van der Waals surface area contributed by atoms with Crippen molar-refractivity contribution in [2.45, 2.75) is 0 Å². The van der Waals surface area contributed by atoms with Crippen molar-refractivity contribution in [2.24, 2.45) is 0 Å². The first-order valence-electron chi connectivity index (χ1n) is 1.15. The Morgan fingerprint density at radius 3 is 1.78 bits per heavy atom. The molecule has 0 rings (SSSR count). The van der Waals surface area contributed by atoms with E-state index < -0.39 is 25.9 Å². The zero-order valence-electron chi connectivity index (χ0n) is 3.57. The SMILES string of the molecule is O.[O]=[Al][O]S(=O)(=O)O.[SrH2]. The van der Waals surface area contributed by atoms with Gasteiger partial charge in [0.2, 0.25) is 0 Å². The molecule has 0 saturated carbocycles. The molecular weight excluding hydrogens is 243 g/mol. The van der Waals surface area contributed by atoms with Crippen molar-refractivity contribution in [1.29, 1.82) is 0 Å². The molecule has 0 heterocycles. The Balaban J connectivity index is -0.000000180. The van der Waals surface area contributed by atoms with Crippen LogP contribution in [0.15, 0.2) is 0 Å². The number of hydrogen-bond acceptors (Lipinski definition) is 4. The third kappa shape index (κ3) is 17.7. The van der Waals surface area contributed by atoms with Gasteiger partial charge in [0.1, 0.15) is 0 Å². The van der Waals surface area contributed by atoms with Crippen LogP contribution >= 0.6 is 0 Å². The molecule has 52 valence electrons. The van der Waals surface area contributed by atoms with Crippen molar-refractivity contribution in [3.8, 4) is 0 Å². The predicted octanol–water partition coefficient (Wildman–Crippen LogP) is -2.97. The predicted molar refractivity (Wildman–Crippen MR) is 31.2 cm³/mol. The summed E-state index contributed by atoms with van der Waals surface area (Å²) < 4.78 is 38.9. The summed E-state index contributed by atoms with van der Waals surface area (Å²) in [5.41, 5.74) is 0. The van der Waals surface area contributed by atoms with Gasteiger partial charge in [0.15, 0.2) is 0 Å². The van der Waals surface area contributed by atoms with Gasteiger partial charge in [-0.1, -0.05) is 0 Å². The number of hydrogen-bond donors (Lipinski definition) is 1. The molecule has 0 aromatic rings. The van der Waals surface area contributed by atoms with Gasteiger partial charge in [-0.05, 0) is 0 Å². The maximum atomic E-state index is 9.39. The van der Waals surface area contributed by atoms with E-state index in [-0.39, 0.29) is 51.0 Å². The van der Waals surface area contributed by atoms with Crippen LogP contribution in [0.4, 0.5) is 0 Å². The van der Waals surface area contributed by atoms with Gasteiger partial charge in [0.25, 0.3) is 0 Å². The summed E-state index contributed by atoms with van der Waals surface area (Å²) in [7, 11) is -4.45. The zero-order valence-corrected chi connectivity index (χ0v) is 5.54. The molecule has 6 nitrogen and oxygen atoms in total. The third-order valence-electron chi connectivity index (χ3n) is 0.161. The first-order valence-corrected chi connectivity index (χ1v) is 3.46. The van der Waals surface area contributed by atoms with Crippen molar-refractivity contribution in [1.82, 2.24) is 0 Å². The van der Waals surface area contributed by atoms with Gasteiger partial charge in [-0.25, -0.2) is 0 Å². The molecule has 0 spiro atoms. The summed E-state index contributed by atoms with van der Waals surface area (Å²) in [6.45, 7) is 0. The normalized spacial score (nSPS) is 7.67. The molecule has 9 heavy (non-hydrogen) atoms. The molecule has 0 aliphatic heterocycles. The summed E-state index contributed by atoms with van der Waals surface area (Å²) in [5, 5.41) is 0. The van der Waals surface area contributed by atoms with Crippen molar-refractivity contribution >= 4 is 71.4 Å². The van der Waals surface area contributed by atoms with Crippen molar-refractivity contribution in [3.05, 3.63) is 0 Å². The fraction of sp³-hybridized carbons (Fsp3) is 0. The molecule has 0 fully saturated rings. The first kappa shape index (κ1) is 16.8. The average molecular weight is 248 g/mol. The molecule has 0 aliphatic carbocycles. The molecule has 9 heteroatoms. The molecule has 0 amide bonds. The summed E-state index contributed by atoms with van der Waals surface area (Å²) in [5.74, 6) is 0. The molecule has 0 aromatic carbocycles. The Bertz CT molecular complexity index is 146. The van der Waals surface area contributed by atoms with Crippen LogP contribution in [0.1, 0.15) is 0 Å². The monoisotopic (exact) mass is 248 g/mol. The van der Waals surface area contributed by atoms with Crippen LogP contribution in [-0.4, -0.2) is 79.4 Å². The topological polar surface area (TPSA) is 112 Å². The van der Waals surface area contributed by atoms with E-state index in [0.29, 0.717) is 0 Å². The molecule has 3 N–H and O–H groups in total. The van der Waals surface area contributed by atoms with Crippen LogP contribution in [0.2, 0.25) is 0 Å². The number of rotatable bonds is 2. The minimum absolute atomic E-state index is 0. The van der Waals surface area contributed by atoms with E-state index in [0.717, 1.165) is 0 Å². The molecule has 0 atom stereocenters. The van der Waals surface area contributed by atoms with Gasteiger partial charge in [-0.3, -0.25) is 0 Å². The Morgan fingerprint density at radius 2 is 1.78 bits per heavy atom. The molecule has 0 aromatic heterocycles. The van der Waals surface area contributed by atoms with E-state index in [2.05, 4.69) is 3.23 Å². The van der Waals surface area contributed by atoms with Gasteiger partial charge in [0, 0.05) is 0 Å². The van der Waals surface area contributed by atoms with Crippen LogP contribution < -0.4 is 0 Å². The Hall–Kier alpha value is 1.48. The summed E-state index contributed by atoms with van der Waals surface area (Å²) in [6.07, 6.45) is 0. The standard InChI is InChI=1S/Al.H2O4S.H2O.O.Sr.2H/c;1-5(2,3)4;;;;;/h;(H2,1,2,3,4);1H2;;;;/q+1;;;;;;/p-1. The Morgan fingerprint density at radius 1 is 1.44 bits per heavy atom. The van der Waals surface area contributed by atoms with Gasteiger partial charge in [-0.15, -0.1) is 0 Å². The third-order valence-corrected chi connectivity index (χ3v) is 1.45. The van der Waals surface area contributed by atoms with E-state index in [1.54, 1.807) is 0 Å². The van der Waals surface area contributed by atoms with Crippen LogP contribution in [0.5, 0.6) is 0 Å². The van der Waals surface area contributed by atoms with Crippen LogP contribution in [0.25, 0.3) is 0 Å². The van der Waals surface area contributed by atoms with Crippen LogP contribution in [-0.2, 0) is 17.4 Å². The van der Waals surface area contributed by atoms with E-state index in [1.807, 2.05) is 0 Å². The van der Waals surface area contributed by atoms with Crippen LogP contribution in [0.3, 0.4) is 0 Å². The second kappa shape index (κ2) is 7.59. The molecule has 0 radical (unpaired) electrons. The van der Waals surface area contributed by atoms with Crippen molar-refractivity contribution in [2.75, 3.05) is 0 Å². The van der Waals surface area contributed by atoms with E-state index in [9.17, 15) is 12.2 Å². The van der Waals surface area contributed by atoms with Gasteiger partial charge in [-0.2, -0.15) is 0 Å². The summed E-state index contributed by atoms with van der Waals surface area (Å²) in [4.78, 5) is 0. The Labute approximate surface area is 95.4 Å².